The molecule has 0 aromatic carbocycles. The summed E-state index contributed by atoms with van der Waals surface area (Å²) in [6.45, 7) is 14.2. The van der Waals surface area contributed by atoms with Gasteiger partial charge in [-0.15, -0.1) is 0 Å². The molecule has 0 aliphatic heterocycles. The zero-order valence-electron chi connectivity index (χ0n) is 11.1. The fraction of sp³-hybridized carbons (Fsp3) is 1.00. The van der Waals surface area contributed by atoms with Crippen molar-refractivity contribution in [2.45, 2.75) is 67.2 Å². The molecule has 0 spiro atoms. The molecule has 0 aromatic heterocycles. The molecule has 0 saturated carbocycles. The molecular formula is C14H30. The Morgan fingerprint density at radius 1 is 0.857 bits per heavy atom. The largest absolute Gasteiger partial charge is 0.0654 e. The average Bonchev–Trinajstić information content (AvgIpc) is 2.16. The van der Waals surface area contributed by atoms with Gasteiger partial charge in [0.05, 0.1) is 0 Å². The Bertz CT molecular complexity index is 126. The predicted octanol–water partition coefficient (Wildman–Crippen LogP) is 5.13. The summed E-state index contributed by atoms with van der Waals surface area (Å²) in [5, 5.41) is 0. The van der Waals surface area contributed by atoms with E-state index in [0.29, 0.717) is 0 Å². The third-order valence-corrected chi connectivity index (χ3v) is 3.80. The van der Waals surface area contributed by atoms with Crippen LogP contribution in [0.4, 0.5) is 0 Å². The summed E-state index contributed by atoms with van der Waals surface area (Å²) in [7, 11) is 0. The monoisotopic (exact) mass is 198 g/mol. The van der Waals surface area contributed by atoms with Gasteiger partial charge in [0.2, 0.25) is 0 Å². The van der Waals surface area contributed by atoms with Crippen molar-refractivity contribution in [3.63, 3.8) is 0 Å². The lowest BCUT2D eigenvalue weighted by Gasteiger charge is -2.34. The summed E-state index contributed by atoms with van der Waals surface area (Å²) in [6, 6.07) is 0. The van der Waals surface area contributed by atoms with Gasteiger partial charge in [0.25, 0.3) is 0 Å². The van der Waals surface area contributed by atoms with Gasteiger partial charge < -0.3 is 0 Å². The van der Waals surface area contributed by atoms with Gasteiger partial charge in [-0.1, -0.05) is 67.2 Å². The average molecular weight is 198 g/mol. The van der Waals surface area contributed by atoms with Crippen LogP contribution in [0.25, 0.3) is 0 Å². The third kappa shape index (κ3) is 4.02. The van der Waals surface area contributed by atoms with Crippen LogP contribution in [-0.2, 0) is 0 Å². The molecular weight excluding hydrogens is 168 g/mol. The van der Waals surface area contributed by atoms with Crippen LogP contribution in [0.15, 0.2) is 0 Å². The quantitative estimate of drug-likeness (QED) is 0.532. The molecule has 0 amide bonds. The molecule has 0 fully saturated rings. The normalized spacial score (nSPS) is 18.2. The summed E-state index contributed by atoms with van der Waals surface area (Å²) in [5.74, 6) is 3.63. The molecule has 0 radical (unpaired) electrons. The van der Waals surface area contributed by atoms with Gasteiger partial charge >= 0.3 is 0 Å². The van der Waals surface area contributed by atoms with Crippen LogP contribution in [0.1, 0.15) is 67.2 Å². The van der Waals surface area contributed by atoms with E-state index in [2.05, 4.69) is 41.5 Å². The number of rotatable bonds is 7. The summed E-state index contributed by atoms with van der Waals surface area (Å²) in [6.07, 6.45) is 5.46. The van der Waals surface area contributed by atoms with Crippen LogP contribution in [0, 0.1) is 23.7 Å². The standard InChI is InChI=1S/C14H30/c1-7-10-13(9-3)14(11(4)5)12(6)8-2/h11-14H,7-10H2,1-6H3. The molecule has 0 aromatic rings. The van der Waals surface area contributed by atoms with Crippen LogP contribution >= 0.6 is 0 Å². The van der Waals surface area contributed by atoms with Crippen molar-refractivity contribution < 1.29 is 0 Å². The minimum atomic E-state index is 0.849. The molecule has 86 valence electrons. The Morgan fingerprint density at radius 3 is 1.71 bits per heavy atom. The van der Waals surface area contributed by atoms with Crippen LogP contribution < -0.4 is 0 Å². The second-order valence-electron chi connectivity index (χ2n) is 5.16. The number of hydrogen-bond acceptors (Lipinski definition) is 0. The second kappa shape index (κ2) is 7.31. The van der Waals surface area contributed by atoms with Gasteiger partial charge in [0, 0.05) is 0 Å². The lowest BCUT2D eigenvalue weighted by Crippen LogP contribution is -2.26. The maximum atomic E-state index is 2.43. The minimum absolute atomic E-state index is 0.849. The summed E-state index contributed by atoms with van der Waals surface area (Å²) in [4.78, 5) is 0. The highest BCUT2D eigenvalue weighted by Gasteiger charge is 2.26. The topological polar surface area (TPSA) is 0 Å². The van der Waals surface area contributed by atoms with E-state index in [1.807, 2.05) is 0 Å². The lowest BCUT2D eigenvalue weighted by molar-refractivity contribution is 0.156. The molecule has 0 heterocycles. The highest BCUT2D eigenvalue weighted by molar-refractivity contribution is 4.76. The Balaban J connectivity index is 4.42. The molecule has 0 bridgehead atoms. The first-order valence-corrected chi connectivity index (χ1v) is 6.58. The van der Waals surface area contributed by atoms with E-state index < -0.39 is 0 Å². The SMILES string of the molecule is CCCC(CC)C(C(C)C)C(C)CC. The molecule has 0 rings (SSSR count). The van der Waals surface area contributed by atoms with E-state index in [4.69, 9.17) is 0 Å². The molecule has 0 N–H and O–H groups in total. The van der Waals surface area contributed by atoms with Crippen molar-refractivity contribution in [2.24, 2.45) is 23.7 Å². The van der Waals surface area contributed by atoms with Gasteiger partial charge in [-0.05, 0) is 23.7 Å². The van der Waals surface area contributed by atoms with Crippen molar-refractivity contribution in [1.82, 2.24) is 0 Å². The van der Waals surface area contributed by atoms with E-state index in [-0.39, 0.29) is 0 Å². The number of hydrogen-bond donors (Lipinski definition) is 0. The highest BCUT2D eigenvalue weighted by Crippen LogP contribution is 2.35. The van der Waals surface area contributed by atoms with E-state index in [9.17, 15) is 0 Å². The van der Waals surface area contributed by atoms with Crippen molar-refractivity contribution in [2.75, 3.05) is 0 Å². The first-order valence-electron chi connectivity index (χ1n) is 6.58. The minimum Gasteiger partial charge on any atom is -0.0654 e. The van der Waals surface area contributed by atoms with Crippen LogP contribution in [0.2, 0.25) is 0 Å². The fourth-order valence-corrected chi connectivity index (χ4v) is 2.98. The van der Waals surface area contributed by atoms with Crippen LogP contribution in [0.5, 0.6) is 0 Å². The molecule has 3 atom stereocenters. The first kappa shape index (κ1) is 14.0. The maximum Gasteiger partial charge on any atom is -0.0337 e. The highest BCUT2D eigenvalue weighted by atomic mass is 14.3. The van der Waals surface area contributed by atoms with E-state index in [1.165, 1.54) is 25.7 Å². The van der Waals surface area contributed by atoms with Gasteiger partial charge in [-0.3, -0.25) is 0 Å². The summed E-state index contributed by atoms with van der Waals surface area (Å²) < 4.78 is 0. The Hall–Kier alpha value is 0. The zero-order valence-corrected chi connectivity index (χ0v) is 11.1. The molecule has 0 saturated heterocycles. The van der Waals surface area contributed by atoms with E-state index >= 15 is 0 Å². The first-order chi connectivity index (χ1) is 6.58. The summed E-state index contributed by atoms with van der Waals surface area (Å²) in [5.41, 5.74) is 0. The van der Waals surface area contributed by atoms with Crippen molar-refractivity contribution >= 4 is 0 Å². The molecule has 0 aliphatic rings. The Morgan fingerprint density at radius 2 is 1.43 bits per heavy atom. The van der Waals surface area contributed by atoms with E-state index in [0.717, 1.165) is 23.7 Å². The van der Waals surface area contributed by atoms with Crippen molar-refractivity contribution in [1.29, 1.82) is 0 Å². The zero-order chi connectivity index (χ0) is 11.1. The Labute approximate surface area is 91.5 Å². The van der Waals surface area contributed by atoms with Crippen LogP contribution in [-0.4, -0.2) is 0 Å². The molecule has 0 aliphatic carbocycles. The fourth-order valence-electron chi connectivity index (χ4n) is 2.98. The van der Waals surface area contributed by atoms with Crippen LogP contribution in [0.3, 0.4) is 0 Å². The Kier molecular flexibility index (Phi) is 7.31. The van der Waals surface area contributed by atoms with Gasteiger partial charge in [-0.2, -0.15) is 0 Å². The van der Waals surface area contributed by atoms with Crippen molar-refractivity contribution in [3.8, 4) is 0 Å². The molecule has 0 heteroatoms. The summed E-state index contributed by atoms with van der Waals surface area (Å²) >= 11 is 0. The van der Waals surface area contributed by atoms with E-state index in [1.54, 1.807) is 0 Å². The maximum absolute atomic E-state index is 2.43. The molecule has 3 unspecified atom stereocenters. The van der Waals surface area contributed by atoms with Crippen molar-refractivity contribution in [3.05, 3.63) is 0 Å². The smallest absolute Gasteiger partial charge is 0.0337 e. The lowest BCUT2D eigenvalue weighted by atomic mass is 9.72. The van der Waals surface area contributed by atoms with Gasteiger partial charge in [0.15, 0.2) is 0 Å². The van der Waals surface area contributed by atoms with Gasteiger partial charge in [0.1, 0.15) is 0 Å². The van der Waals surface area contributed by atoms with Gasteiger partial charge in [-0.25, -0.2) is 0 Å². The molecule has 14 heavy (non-hydrogen) atoms. The second-order valence-corrected chi connectivity index (χ2v) is 5.16. The predicted molar refractivity (Wildman–Crippen MR) is 66.5 cm³/mol. The molecule has 0 nitrogen and oxygen atoms in total. The third-order valence-electron chi connectivity index (χ3n) is 3.80.